The number of rotatable bonds is 1. The molecule has 0 unspecified atom stereocenters. The molecule has 0 spiro atoms. The Morgan fingerprint density at radius 1 is 1.50 bits per heavy atom. The molecule has 0 heteroatoms. The maximum atomic E-state index is 3.10. The molecule has 0 radical (unpaired) electrons. The predicted molar refractivity (Wildman–Crippen MR) is 35.7 cm³/mol. The van der Waals surface area contributed by atoms with Gasteiger partial charge in [-0.1, -0.05) is 6.92 Å². The Morgan fingerprint density at radius 2 is 2.12 bits per heavy atom. The summed E-state index contributed by atoms with van der Waals surface area (Å²) in [4.78, 5) is 0. The SMILES string of the molecule is CC=C=CC1(C)CC1. The van der Waals surface area contributed by atoms with Gasteiger partial charge in [0, 0.05) is 0 Å². The first kappa shape index (κ1) is 5.65. The lowest BCUT2D eigenvalue weighted by Crippen LogP contribution is -1.80. The summed E-state index contributed by atoms with van der Waals surface area (Å²) in [6, 6.07) is 0. The van der Waals surface area contributed by atoms with Gasteiger partial charge < -0.3 is 0 Å². The number of allylic oxidation sites excluding steroid dienone is 1. The summed E-state index contributed by atoms with van der Waals surface area (Å²) in [7, 11) is 0. The minimum atomic E-state index is 0.534. The lowest BCUT2D eigenvalue weighted by atomic mass is 10.1. The third kappa shape index (κ3) is 1.24. The molecule has 0 nitrogen and oxygen atoms in total. The Hall–Kier alpha value is -0.480. The van der Waals surface area contributed by atoms with E-state index in [4.69, 9.17) is 0 Å². The van der Waals surface area contributed by atoms with Gasteiger partial charge in [0.1, 0.15) is 0 Å². The Bertz CT molecular complexity index is 132. The van der Waals surface area contributed by atoms with Gasteiger partial charge in [-0.2, -0.15) is 0 Å². The van der Waals surface area contributed by atoms with Crippen molar-refractivity contribution in [2.24, 2.45) is 5.41 Å². The van der Waals surface area contributed by atoms with Crippen LogP contribution in [0.2, 0.25) is 0 Å². The van der Waals surface area contributed by atoms with Gasteiger partial charge in [0.15, 0.2) is 0 Å². The van der Waals surface area contributed by atoms with E-state index in [9.17, 15) is 0 Å². The molecule has 0 aromatic heterocycles. The molecule has 0 heterocycles. The quantitative estimate of drug-likeness (QED) is 0.453. The highest BCUT2D eigenvalue weighted by Crippen LogP contribution is 2.45. The maximum absolute atomic E-state index is 3.10. The third-order valence-corrected chi connectivity index (χ3v) is 1.64. The summed E-state index contributed by atoms with van der Waals surface area (Å²) in [6.07, 6.45) is 6.85. The van der Waals surface area contributed by atoms with Crippen LogP contribution >= 0.6 is 0 Å². The second kappa shape index (κ2) is 1.80. The topological polar surface area (TPSA) is 0 Å². The van der Waals surface area contributed by atoms with Crippen LogP contribution in [0.5, 0.6) is 0 Å². The largest absolute Gasteiger partial charge is 0.129 e. The highest BCUT2D eigenvalue weighted by molar-refractivity contribution is 5.05. The zero-order valence-electron chi connectivity index (χ0n) is 5.57. The van der Waals surface area contributed by atoms with E-state index >= 15 is 0 Å². The Balaban J connectivity index is 2.50. The molecule has 0 saturated heterocycles. The van der Waals surface area contributed by atoms with Gasteiger partial charge in [-0.3, -0.25) is 0 Å². The van der Waals surface area contributed by atoms with E-state index in [-0.39, 0.29) is 0 Å². The van der Waals surface area contributed by atoms with Crippen molar-refractivity contribution in [1.82, 2.24) is 0 Å². The first-order valence-electron chi connectivity index (χ1n) is 3.15. The second-order valence-electron chi connectivity index (χ2n) is 2.75. The summed E-state index contributed by atoms with van der Waals surface area (Å²) in [6.45, 7) is 4.27. The Kier molecular flexibility index (Phi) is 1.27. The van der Waals surface area contributed by atoms with Crippen LogP contribution < -0.4 is 0 Å². The molecule has 44 valence electrons. The van der Waals surface area contributed by atoms with Gasteiger partial charge in [-0.05, 0) is 37.3 Å². The predicted octanol–water partition coefficient (Wildman–Crippen LogP) is 2.52. The monoisotopic (exact) mass is 108 g/mol. The van der Waals surface area contributed by atoms with Crippen LogP contribution in [0.4, 0.5) is 0 Å². The molecular weight excluding hydrogens is 96.1 g/mol. The van der Waals surface area contributed by atoms with Crippen LogP contribution in [0.25, 0.3) is 0 Å². The minimum absolute atomic E-state index is 0.534. The van der Waals surface area contributed by atoms with E-state index in [1.165, 1.54) is 12.8 Å². The molecule has 0 atom stereocenters. The molecule has 1 aliphatic rings. The highest BCUT2D eigenvalue weighted by Gasteiger charge is 2.33. The fourth-order valence-electron chi connectivity index (χ4n) is 0.626. The molecular formula is C8H12. The summed E-state index contributed by atoms with van der Waals surface area (Å²) in [5, 5.41) is 0. The van der Waals surface area contributed by atoms with Crippen LogP contribution in [0.1, 0.15) is 26.7 Å². The van der Waals surface area contributed by atoms with Crippen LogP contribution in [-0.2, 0) is 0 Å². The first-order valence-corrected chi connectivity index (χ1v) is 3.15. The molecule has 1 fully saturated rings. The van der Waals surface area contributed by atoms with E-state index in [2.05, 4.69) is 18.7 Å². The molecule has 0 N–H and O–H groups in total. The molecule has 1 aliphatic carbocycles. The standard InChI is InChI=1S/C8H12/c1-3-4-5-8(2)6-7-8/h3,5H,6-7H2,1-2H3. The fourth-order valence-corrected chi connectivity index (χ4v) is 0.626. The molecule has 0 aliphatic heterocycles. The summed E-state index contributed by atoms with van der Waals surface area (Å²) in [5.74, 6) is 0. The lowest BCUT2D eigenvalue weighted by Gasteiger charge is -1.91. The van der Waals surface area contributed by atoms with Crippen LogP contribution in [-0.4, -0.2) is 0 Å². The fraction of sp³-hybridized carbons (Fsp3) is 0.625. The van der Waals surface area contributed by atoms with Gasteiger partial charge in [-0.15, -0.1) is 5.73 Å². The smallest absolute Gasteiger partial charge is 0.00702 e. The van der Waals surface area contributed by atoms with Gasteiger partial charge in [0.25, 0.3) is 0 Å². The van der Waals surface area contributed by atoms with Gasteiger partial charge in [0.2, 0.25) is 0 Å². The third-order valence-electron chi connectivity index (χ3n) is 1.64. The van der Waals surface area contributed by atoms with Crippen LogP contribution in [0.3, 0.4) is 0 Å². The Morgan fingerprint density at radius 3 is 2.50 bits per heavy atom. The van der Waals surface area contributed by atoms with Crippen molar-refractivity contribution < 1.29 is 0 Å². The minimum Gasteiger partial charge on any atom is -0.129 e. The normalized spacial score (nSPS) is 21.2. The van der Waals surface area contributed by atoms with Crippen LogP contribution in [0, 0.1) is 5.41 Å². The average Bonchev–Trinajstić information content (AvgIpc) is 2.45. The molecule has 0 amide bonds. The van der Waals surface area contributed by atoms with E-state index in [0.29, 0.717) is 5.41 Å². The van der Waals surface area contributed by atoms with Crippen molar-refractivity contribution in [2.75, 3.05) is 0 Å². The van der Waals surface area contributed by atoms with E-state index in [1.54, 1.807) is 0 Å². The molecule has 1 saturated carbocycles. The van der Waals surface area contributed by atoms with E-state index < -0.39 is 0 Å². The van der Waals surface area contributed by atoms with Gasteiger partial charge in [0.05, 0.1) is 0 Å². The summed E-state index contributed by atoms with van der Waals surface area (Å²) in [5.41, 5.74) is 3.63. The zero-order chi connectivity index (χ0) is 6.04. The van der Waals surface area contributed by atoms with Crippen molar-refractivity contribution >= 4 is 0 Å². The van der Waals surface area contributed by atoms with Crippen LogP contribution in [0.15, 0.2) is 17.9 Å². The summed E-state index contributed by atoms with van der Waals surface area (Å²) < 4.78 is 0. The molecule has 0 aromatic rings. The van der Waals surface area contributed by atoms with Crippen molar-refractivity contribution in [3.05, 3.63) is 17.9 Å². The molecule has 0 aromatic carbocycles. The van der Waals surface area contributed by atoms with Gasteiger partial charge >= 0.3 is 0 Å². The second-order valence-corrected chi connectivity index (χ2v) is 2.75. The van der Waals surface area contributed by atoms with E-state index in [0.717, 1.165) is 0 Å². The first-order chi connectivity index (χ1) is 3.77. The zero-order valence-corrected chi connectivity index (χ0v) is 5.57. The maximum Gasteiger partial charge on any atom is -0.00702 e. The molecule has 0 bridgehead atoms. The van der Waals surface area contributed by atoms with Crippen molar-refractivity contribution in [3.63, 3.8) is 0 Å². The number of hydrogen-bond donors (Lipinski definition) is 0. The van der Waals surface area contributed by atoms with Crippen molar-refractivity contribution in [2.45, 2.75) is 26.7 Å². The lowest BCUT2D eigenvalue weighted by molar-refractivity contribution is 0.749. The van der Waals surface area contributed by atoms with Gasteiger partial charge in [-0.25, -0.2) is 0 Å². The summed E-state index contributed by atoms with van der Waals surface area (Å²) >= 11 is 0. The molecule has 1 rings (SSSR count). The van der Waals surface area contributed by atoms with Crippen molar-refractivity contribution in [1.29, 1.82) is 0 Å². The highest BCUT2D eigenvalue weighted by atomic mass is 14.4. The average molecular weight is 108 g/mol. The number of hydrogen-bond acceptors (Lipinski definition) is 0. The Labute approximate surface area is 50.9 Å². The molecule has 8 heavy (non-hydrogen) atoms. The van der Waals surface area contributed by atoms with Crippen molar-refractivity contribution in [3.8, 4) is 0 Å². The van der Waals surface area contributed by atoms with E-state index in [1.807, 2.05) is 13.0 Å².